The number of carbonyl (C=O) groups excluding carboxylic acids is 2. The number of esters is 1. The van der Waals surface area contributed by atoms with Crippen LogP contribution >= 0.6 is 11.8 Å². The van der Waals surface area contributed by atoms with Crippen molar-refractivity contribution in [1.29, 1.82) is 0 Å². The van der Waals surface area contributed by atoms with Crippen molar-refractivity contribution >= 4 is 34.5 Å². The number of nitrogens with zero attached hydrogens (tertiary/aromatic N) is 3. The second kappa shape index (κ2) is 7.79. The molecule has 1 fully saturated rings. The summed E-state index contributed by atoms with van der Waals surface area (Å²) in [5.74, 6) is 0.198. The van der Waals surface area contributed by atoms with Crippen LogP contribution in [0.2, 0.25) is 0 Å². The number of benzene rings is 1. The van der Waals surface area contributed by atoms with Gasteiger partial charge in [-0.3, -0.25) is 19.8 Å². The van der Waals surface area contributed by atoms with Crippen molar-refractivity contribution in [2.75, 3.05) is 12.4 Å². The highest BCUT2D eigenvalue weighted by Gasteiger charge is 2.44. The second-order valence-electron chi connectivity index (χ2n) is 6.58. The molecule has 0 aliphatic carbocycles. The summed E-state index contributed by atoms with van der Waals surface area (Å²) in [5.41, 5.74) is 1.14. The number of rotatable bonds is 5. The van der Waals surface area contributed by atoms with E-state index in [0.717, 1.165) is 0 Å². The van der Waals surface area contributed by atoms with Gasteiger partial charge in [0, 0.05) is 17.7 Å². The SMILES string of the molecule is CCOC(=O)C1=C(C)N=C2SCC(=O)N2[C@@H]1c1ccc(-c2cccc([N+](=O)[O-])c2)o1. The van der Waals surface area contributed by atoms with Gasteiger partial charge in [0.15, 0.2) is 5.17 Å². The van der Waals surface area contributed by atoms with Gasteiger partial charge in [0.05, 0.1) is 28.6 Å². The molecule has 30 heavy (non-hydrogen) atoms. The molecule has 0 radical (unpaired) electrons. The highest BCUT2D eigenvalue weighted by Crippen LogP contribution is 2.42. The monoisotopic (exact) mass is 427 g/mol. The lowest BCUT2D eigenvalue weighted by Gasteiger charge is -2.31. The van der Waals surface area contributed by atoms with Crippen LogP contribution in [0, 0.1) is 10.1 Å². The predicted octanol–water partition coefficient (Wildman–Crippen LogP) is 3.68. The lowest BCUT2D eigenvalue weighted by Crippen LogP contribution is -2.39. The zero-order chi connectivity index (χ0) is 21.4. The van der Waals surface area contributed by atoms with Crippen LogP contribution in [0.3, 0.4) is 0 Å². The molecule has 154 valence electrons. The molecule has 2 aliphatic rings. The lowest BCUT2D eigenvalue weighted by molar-refractivity contribution is -0.384. The van der Waals surface area contributed by atoms with E-state index >= 15 is 0 Å². The molecular formula is C20H17N3O6S. The zero-order valence-corrected chi connectivity index (χ0v) is 17.0. The molecule has 2 aromatic rings. The van der Waals surface area contributed by atoms with Gasteiger partial charge in [-0.1, -0.05) is 23.9 Å². The molecule has 9 nitrogen and oxygen atoms in total. The van der Waals surface area contributed by atoms with E-state index in [4.69, 9.17) is 9.15 Å². The molecule has 0 bridgehead atoms. The number of nitro groups is 1. The first-order valence-corrected chi connectivity index (χ1v) is 10.1. The number of aliphatic imine (C=N–C) groups is 1. The van der Waals surface area contributed by atoms with Crippen LogP contribution in [0.25, 0.3) is 11.3 Å². The van der Waals surface area contributed by atoms with Crippen LogP contribution in [-0.4, -0.2) is 39.2 Å². The van der Waals surface area contributed by atoms with E-state index in [1.165, 1.54) is 28.8 Å². The Hall–Kier alpha value is -3.40. The third-order valence-corrected chi connectivity index (χ3v) is 5.65. The summed E-state index contributed by atoms with van der Waals surface area (Å²) >= 11 is 1.30. The number of allylic oxidation sites excluding steroid dienone is 1. The van der Waals surface area contributed by atoms with Crippen molar-refractivity contribution in [2.45, 2.75) is 19.9 Å². The number of fused-ring (bicyclic) bond motifs is 1. The predicted molar refractivity (Wildman–Crippen MR) is 110 cm³/mol. The Morgan fingerprint density at radius 1 is 1.40 bits per heavy atom. The summed E-state index contributed by atoms with van der Waals surface area (Å²) < 4.78 is 11.2. The quantitative estimate of drug-likeness (QED) is 0.406. The molecule has 1 saturated heterocycles. The average Bonchev–Trinajstić information content (AvgIpc) is 3.34. The lowest BCUT2D eigenvalue weighted by atomic mass is 10.00. The van der Waals surface area contributed by atoms with E-state index in [1.807, 2.05) is 0 Å². The number of carbonyl (C=O) groups is 2. The molecule has 10 heteroatoms. The van der Waals surface area contributed by atoms with E-state index in [9.17, 15) is 19.7 Å². The van der Waals surface area contributed by atoms with Crippen molar-refractivity contribution in [1.82, 2.24) is 4.90 Å². The van der Waals surface area contributed by atoms with Crippen molar-refractivity contribution < 1.29 is 23.7 Å². The van der Waals surface area contributed by atoms with Crippen molar-refractivity contribution in [3.63, 3.8) is 0 Å². The van der Waals surface area contributed by atoms with Gasteiger partial charge in [0.25, 0.3) is 5.69 Å². The molecule has 0 N–H and O–H groups in total. The van der Waals surface area contributed by atoms with E-state index in [-0.39, 0.29) is 29.5 Å². The Morgan fingerprint density at radius 2 is 2.20 bits per heavy atom. The van der Waals surface area contributed by atoms with Crippen LogP contribution in [0.15, 0.2) is 57.1 Å². The summed E-state index contributed by atoms with van der Waals surface area (Å²) in [5, 5.41) is 11.6. The van der Waals surface area contributed by atoms with Gasteiger partial charge < -0.3 is 9.15 Å². The first-order chi connectivity index (χ1) is 14.4. The van der Waals surface area contributed by atoms with E-state index < -0.39 is 16.9 Å². The van der Waals surface area contributed by atoms with Crippen LogP contribution < -0.4 is 0 Å². The molecule has 3 heterocycles. The fourth-order valence-corrected chi connectivity index (χ4v) is 4.35. The van der Waals surface area contributed by atoms with E-state index in [2.05, 4.69) is 4.99 Å². The molecule has 1 atom stereocenters. The largest absolute Gasteiger partial charge is 0.463 e. The minimum absolute atomic E-state index is 0.0633. The number of hydrogen-bond donors (Lipinski definition) is 0. The van der Waals surface area contributed by atoms with Crippen molar-refractivity contribution in [3.05, 3.63) is 63.5 Å². The topological polar surface area (TPSA) is 115 Å². The van der Waals surface area contributed by atoms with Gasteiger partial charge in [0.1, 0.15) is 17.6 Å². The number of amidine groups is 1. The van der Waals surface area contributed by atoms with Gasteiger partial charge in [0.2, 0.25) is 5.91 Å². The molecule has 1 aromatic carbocycles. The highest BCUT2D eigenvalue weighted by molar-refractivity contribution is 8.15. The van der Waals surface area contributed by atoms with Crippen LogP contribution in [0.1, 0.15) is 25.6 Å². The zero-order valence-electron chi connectivity index (χ0n) is 16.2. The maximum Gasteiger partial charge on any atom is 0.338 e. The van der Waals surface area contributed by atoms with Gasteiger partial charge >= 0.3 is 5.97 Å². The number of furan rings is 1. The molecule has 0 saturated carbocycles. The second-order valence-corrected chi connectivity index (χ2v) is 7.52. The molecule has 0 unspecified atom stereocenters. The number of non-ortho nitro benzene ring substituents is 1. The Balaban J connectivity index is 1.78. The summed E-state index contributed by atoms with van der Waals surface area (Å²) in [6, 6.07) is 8.55. The molecular weight excluding hydrogens is 410 g/mol. The van der Waals surface area contributed by atoms with Gasteiger partial charge in [-0.15, -0.1) is 0 Å². The Morgan fingerprint density at radius 3 is 2.93 bits per heavy atom. The van der Waals surface area contributed by atoms with Crippen LogP contribution in [0.5, 0.6) is 0 Å². The molecule has 4 rings (SSSR count). The standard InChI is InChI=1S/C20H17N3O6S/c1-3-28-19(25)17-11(2)21-20-22(16(24)10-30-20)18(17)15-8-7-14(29-15)12-5-4-6-13(9-12)23(26)27/h4-9,18H,3,10H2,1-2H3/t18-/m1/s1. The molecule has 2 aliphatic heterocycles. The van der Waals surface area contributed by atoms with Gasteiger partial charge in [-0.25, -0.2) is 9.79 Å². The van der Waals surface area contributed by atoms with Crippen LogP contribution in [0.4, 0.5) is 5.69 Å². The maximum atomic E-state index is 12.7. The Bertz CT molecular complexity index is 1120. The number of nitro benzene ring substituents is 1. The molecule has 1 amide bonds. The summed E-state index contributed by atoms with van der Waals surface area (Å²) in [6.07, 6.45) is 0. The van der Waals surface area contributed by atoms with Gasteiger partial charge in [-0.05, 0) is 26.0 Å². The smallest absolute Gasteiger partial charge is 0.338 e. The first-order valence-electron chi connectivity index (χ1n) is 9.16. The average molecular weight is 427 g/mol. The number of thioether (sulfide) groups is 1. The molecule has 0 spiro atoms. The number of hydrogen-bond acceptors (Lipinski definition) is 8. The van der Waals surface area contributed by atoms with E-state index in [0.29, 0.717) is 27.9 Å². The minimum Gasteiger partial charge on any atom is -0.463 e. The van der Waals surface area contributed by atoms with Crippen molar-refractivity contribution in [3.8, 4) is 11.3 Å². The Kier molecular flexibility index (Phi) is 5.17. The van der Waals surface area contributed by atoms with Gasteiger partial charge in [-0.2, -0.15) is 0 Å². The first kappa shape index (κ1) is 19.9. The summed E-state index contributed by atoms with van der Waals surface area (Å²) in [7, 11) is 0. The summed E-state index contributed by atoms with van der Waals surface area (Å²) in [6.45, 7) is 3.57. The molecule has 1 aromatic heterocycles. The number of ether oxygens (including phenoxy) is 1. The van der Waals surface area contributed by atoms with Crippen molar-refractivity contribution in [2.24, 2.45) is 4.99 Å². The minimum atomic E-state index is -0.813. The maximum absolute atomic E-state index is 12.7. The fraction of sp³-hybridized carbons (Fsp3) is 0.250. The normalized spacial score (nSPS) is 18.3. The van der Waals surface area contributed by atoms with E-state index in [1.54, 1.807) is 38.1 Å². The highest BCUT2D eigenvalue weighted by atomic mass is 32.2. The third-order valence-electron chi connectivity index (χ3n) is 4.72. The Labute approximate surface area is 175 Å². The van der Waals surface area contributed by atoms with Crippen LogP contribution in [-0.2, 0) is 14.3 Å². The fourth-order valence-electron chi connectivity index (χ4n) is 3.41. The number of amides is 1. The third kappa shape index (κ3) is 3.39. The summed E-state index contributed by atoms with van der Waals surface area (Å²) in [4.78, 5) is 41.7.